The number of anilines is 3. The summed E-state index contributed by atoms with van der Waals surface area (Å²) in [6, 6.07) is 2.07. The number of aryl methyl sites for hydroxylation is 1. The SMILES string of the molecule is Cc1cc(N2CCN(c3cnccn3)CC2)nc(N2CCOCC2)n1. The van der Waals surface area contributed by atoms with Gasteiger partial charge in [-0.2, -0.15) is 4.98 Å². The Balaban J connectivity index is 1.46. The second kappa shape index (κ2) is 7.18. The van der Waals surface area contributed by atoms with Crippen molar-refractivity contribution in [2.75, 3.05) is 67.2 Å². The van der Waals surface area contributed by atoms with Crippen molar-refractivity contribution in [3.05, 3.63) is 30.4 Å². The quantitative estimate of drug-likeness (QED) is 0.810. The van der Waals surface area contributed by atoms with Gasteiger partial charge < -0.3 is 19.4 Å². The predicted octanol–water partition coefficient (Wildman–Crippen LogP) is 0.738. The number of piperazine rings is 1. The van der Waals surface area contributed by atoms with Crippen LogP contribution < -0.4 is 14.7 Å². The molecular weight excluding hydrogens is 318 g/mol. The molecule has 0 aliphatic carbocycles. The van der Waals surface area contributed by atoms with E-state index in [4.69, 9.17) is 9.72 Å². The van der Waals surface area contributed by atoms with Crippen molar-refractivity contribution in [2.45, 2.75) is 6.92 Å². The van der Waals surface area contributed by atoms with Gasteiger partial charge in [-0.05, 0) is 6.92 Å². The molecule has 2 aromatic rings. The predicted molar refractivity (Wildman–Crippen MR) is 96.3 cm³/mol. The Morgan fingerprint density at radius 2 is 1.56 bits per heavy atom. The Hall–Kier alpha value is -2.48. The van der Waals surface area contributed by atoms with Crippen LogP contribution in [0.2, 0.25) is 0 Å². The molecule has 132 valence electrons. The normalized spacial score (nSPS) is 18.5. The van der Waals surface area contributed by atoms with Crippen LogP contribution >= 0.6 is 0 Å². The summed E-state index contributed by atoms with van der Waals surface area (Å²) in [6.45, 7) is 8.86. The topological polar surface area (TPSA) is 70.5 Å². The summed E-state index contributed by atoms with van der Waals surface area (Å²) < 4.78 is 5.43. The van der Waals surface area contributed by atoms with Crippen LogP contribution in [0.25, 0.3) is 0 Å². The number of aromatic nitrogens is 4. The first-order chi connectivity index (χ1) is 12.3. The minimum absolute atomic E-state index is 0.740. The molecule has 25 heavy (non-hydrogen) atoms. The minimum atomic E-state index is 0.740. The minimum Gasteiger partial charge on any atom is -0.378 e. The Morgan fingerprint density at radius 3 is 2.24 bits per heavy atom. The molecule has 0 N–H and O–H groups in total. The fourth-order valence-electron chi connectivity index (χ4n) is 3.22. The molecule has 0 amide bonds. The van der Waals surface area contributed by atoms with Crippen molar-refractivity contribution in [3.63, 3.8) is 0 Å². The molecule has 4 heterocycles. The van der Waals surface area contributed by atoms with Crippen molar-refractivity contribution in [3.8, 4) is 0 Å². The fraction of sp³-hybridized carbons (Fsp3) is 0.529. The van der Waals surface area contributed by atoms with Crippen LogP contribution in [0.1, 0.15) is 5.69 Å². The maximum absolute atomic E-state index is 5.43. The second-order valence-corrected chi connectivity index (χ2v) is 6.30. The van der Waals surface area contributed by atoms with Crippen LogP contribution in [0.5, 0.6) is 0 Å². The van der Waals surface area contributed by atoms with Gasteiger partial charge in [-0.3, -0.25) is 4.98 Å². The van der Waals surface area contributed by atoms with E-state index in [1.807, 2.05) is 13.1 Å². The van der Waals surface area contributed by atoms with Gasteiger partial charge in [-0.15, -0.1) is 0 Å². The largest absolute Gasteiger partial charge is 0.378 e. The molecule has 0 bridgehead atoms. The molecule has 0 radical (unpaired) electrons. The number of morpholine rings is 1. The molecule has 0 atom stereocenters. The Bertz CT molecular complexity index is 697. The van der Waals surface area contributed by atoms with E-state index in [9.17, 15) is 0 Å². The van der Waals surface area contributed by atoms with Gasteiger partial charge in [0.1, 0.15) is 11.6 Å². The standard InChI is InChI=1S/C17H23N7O/c1-14-12-15(21-17(20-14)24-8-10-25-11-9-24)22-4-6-23(7-5-22)16-13-18-2-3-19-16/h2-3,12-13H,4-11H2,1H3. The molecule has 0 unspecified atom stereocenters. The first kappa shape index (κ1) is 16.0. The van der Waals surface area contributed by atoms with Gasteiger partial charge in [-0.25, -0.2) is 9.97 Å². The van der Waals surface area contributed by atoms with Crippen LogP contribution in [-0.2, 0) is 4.74 Å². The third-order valence-electron chi connectivity index (χ3n) is 4.60. The van der Waals surface area contributed by atoms with Crippen molar-refractivity contribution >= 4 is 17.6 Å². The van der Waals surface area contributed by atoms with Crippen molar-refractivity contribution in [1.82, 2.24) is 19.9 Å². The first-order valence-electron chi connectivity index (χ1n) is 8.74. The summed E-state index contributed by atoms with van der Waals surface area (Å²) in [4.78, 5) is 24.8. The Kier molecular flexibility index (Phi) is 4.60. The van der Waals surface area contributed by atoms with Gasteiger partial charge in [0.15, 0.2) is 0 Å². The third-order valence-corrected chi connectivity index (χ3v) is 4.60. The number of hydrogen-bond acceptors (Lipinski definition) is 8. The highest BCUT2D eigenvalue weighted by molar-refractivity contribution is 5.48. The van der Waals surface area contributed by atoms with Gasteiger partial charge >= 0.3 is 0 Å². The first-order valence-corrected chi connectivity index (χ1v) is 8.74. The highest BCUT2D eigenvalue weighted by Crippen LogP contribution is 2.21. The molecule has 8 heteroatoms. The zero-order chi connectivity index (χ0) is 17.1. The molecule has 0 aromatic carbocycles. The van der Waals surface area contributed by atoms with Crippen molar-refractivity contribution in [2.24, 2.45) is 0 Å². The summed E-state index contributed by atoms with van der Waals surface area (Å²) >= 11 is 0. The summed E-state index contributed by atoms with van der Waals surface area (Å²) in [5.74, 6) is 2.76. The van der Waals surface area contributed by atoms with Gasteiger partial charge in [0.25, 0.3) is 0 Å². The van der Waals surface area contributed by atoms with E-state index >= 15 is 0 Å². The van der Waals surface area contributed by atoms with E-state index in [1.165, 1.54) is 0 Å². The van der Waals surface area contributed by atoms with E-state index in [2.05, 4.69) is 35.7 Å². The Labute approximate surface area is 147 Å². The molecule has 8 nitrogen and oxygen atoms in total. The van der Waals surface area contributed by atoms with E-state index in [1.54, 1.807) is 12.4 Å². The van der Waals surface area contributed by atoms with Crippen LogP contribution in [0.15, 0.2) is 24.7 Å². The molecule has 2 fully saturated rings. The summed E-state index contributed by atoms with van der Waals surface area (Å²) in [5, 5.41) is 0. The number of hydrogen-bond donors (Lipinski definition) is 0. The smallest absolute Gasteiger partial charge is 0.227 e. The maximum Gasteiger partial charge on any atom is 0.227 e. The lowest BCUT2D eigenvalue weighted by Crippen LogP contribution is -2.47. The van der Waals surface area contributed by atoms with Crippen LogP contribution in [0.3, 0.4) is 0 Å². The van der Waals surface area contributed by atoms with E-state index < -0.39 is 0 Å². The Morgan fingerprint density at radius 1 is 0.840 bits per heavy atom. The van der Waals surface area contributed by atoms with Gasteiger partial charge in [0.2, 0.25) is 5.95 Å². The lowest BCUT2D eigenvalue weighted by Gasteiger charge is -2.36. The number of rotatable bonds is 3. The van der Waals surface area contributed by atoms with Gasteiger partial charge in [0, 0.05) is 63.4 Å². The summed E-state index contributed by atoms with van der Waals surface area (Å²) in [6.07, 6.45) is 5.27. The highest BCUT2D eigenvalue weighted by Gasteiger charge is 2.21. The fourth-order valence-corrected chi connectivity index (χ4v) is 3.22. The zero-order valence-electron chi connectivity index (χ0n) is 14.5. The van der Waals surface area contributed by atoms with Crippen LogP contribution in [0, 0.1) is 6.92 Å². The summed E-state index contributed by atoms with van der Waals surface area (Å²) in [5.41, 5.74) is 1.00. The average molecular weight is 341 g/mol. The molecule has 2 aromatic heterocycles. The molecule has 2 aliphatic heterocycles. The zero-order valence-corrected chi connectivity index (χ0v) is 14.5. The molecule has 2 aliphatic rings. The highest BCUT2D eigenvalue weighted by atomic mass is 16.5. The van der Waals surface area contributed by atoms with E-state index in [0.29, 0.717) is 0 Å². The number of nitrogens with zero attached hydrogens (tertiary/aromatic N) is 7. The van der Waals surface area contributed by atoms with Gasteiger partial charge in [-0.1, -0.05) is 0 Å². The average Bonchev–Trinajstić information content (AvgIpc) is 2.69. The van der Waals surface area contributed by atoms with E-state index in [-0.39, 0.29) is 0 Å². The molecule has 0 saturated carbocycles. The van der Waals surface area contributed by atoms with Crippen molar-refractivity contribution in [1.29, 1.82) is 0 Å². The number of ether oxygens (including phenoxy) is 1. The second-order valence-electron chi connectivity index (χ2n) is 6.30. The van der Waals surface area contributed by atoms with Crippen molar-refractivity contribution < 1.29 is 4.74 Å². The molecule has 4 rings (SSSR count). The maximum atomic E-state index is 5.43. The molecule has 2 saturated heterocycles. The lowest BCUT2D eigenvalue weighted by molar-refractivity contribution is 0.122. The molecule has 0 spiro atoms. The lowest BCUT2D eigenvalue weighted by atomic mass is 10.3. The van der Waals surface area contributed by atoms with E-state index in [0.717, 1.165) is 75.8 Å². The molecular formula is C17H23N7O. The summed E-state index contributed by atoms with van der Waals surface area (Å²) in [7, 11) is 0. The van der Waals surface area contributed by atoms with Gasteiger partial charge in [0.05, 0.1) is 19.4 Å². The third kappa shape index (κ3) is 3.63. The van der Waals surface area contributed by atoms with Crippen LogP contribution in [0.4, 0.5) is 17.6 Å². The van der Waals surface area contributed by atoms with Crippen LogP contribution in [-0.4, -0.2) is 72.4 Å². The monoisotopic (exact) mass is 341 g/mol.